The lowest BCUT2D eigenvalue weighted by Crippen LogP contribution is -2.26. The summed E-state index contributed by atoms with van der Waals surface area (Å²) in [4.78, 5) is 19.8. The number of halogens is 2. The monoisotopic (exact) mass is 655 g/mol. The molecule has 1 saturated heterocycles. The molecule has 1 aromatic heterocycles. The third kappa shape index (κ3) is 9.63. The molecule has 0 radical (unpaired) electrons. The number of carbonyl (C=O) groups is 1. The summed E-state index contributed by atoms with van der Waals surface area (Å²) in [5.41, 5.74) is 1.84. The smallest absolute Gasteiger partial charge is 0.305 e. The molecule has 2 aromatic carbocycles. The minimum Gasteiger partial charge on any atom is -0.493 e. The molecule has 1 aliphatic heterocycles. The van der Waals surface area contributed by atoms with Gasteiger partial charge >= 0.3 is 5.97 Å². The van der Waals surface area contributed by atoms with Crippen molar-refractivity contribution in [2.45, 2.75) is 57.0 Å². The lowest BCUT2D eigenvalue weighted by atomic mass is 10.1. The highest BCUT2D eigenvalue weighted by atomic mass is 35.5. The third-order valence-corrected chi connectivity index (χ3v) is 7.46. The summed E-state index contributed by atoms with van der Waals surface area (Å²) in [6, 6.07) is 9.58. The number of aliphatic hydroxyl groups excluding tert-OH is 2. The minimum atomic E-state index is -1.20. The standard InChI is InChI=1S/C33H35ClFN3O8/c34-21-11-23(4-5-27(12-21)44-17-20-2-1-3-22(35)10-20)38-33-32-29(36-19-37-33)15-28(16-30(32)46-26-6-8-43-9-7-26)45-18-25(40)13-24(39)14-31(41)42/h1-5,10-11,15-16,19,24-26,39-40H,6-9,12-14,17-18H2,(H,41,42)(H,36,37,38). The molecule has 11 nitrogen and oxygen atoms in total. The first-order valence-corrected chi connectivity index (χ1v) is 15.2. The molecule has 2 heterocycles. The molecule has 2 unspecified atom stereocenters. The summed E-state index contributed by atoms with van der Waals surface area (Å²) in [6.45, 7) is 1.15. The third-order valence-electron chi connectivity index (χ3n) is 7.21. The number of carboxylic acids is 1. The van der Waals surface area contributed by atoms with Crippen LogP contribution in [0.4, 0.5) is 10.2 Å². The van der Waals surface area contributed by atoms with Crippen LogP contribution in [0.1, 0.15) is 37.7 Å². The highest BCUT2D eigenvalue weighted by Gasteiger charge is 2.21. The van der Waals surface area contributed by atoms with Crippen molar-refractivity contribution in [3.05, 3.63) is 88.8 Å². The number of ether oxygens (including phenoxy) is 4. The van der Waals surface area contributed by atoms with Crippen LogP contribution >= 0.6 is 11.6 Å². The van der Waals surface area contributed by atoms with E-state index in [1.165, 1.54) is 18.5 Å². The Bertz CT molecular complexity index is 1630. The molecule has 5 rings (SSSR count). The molecular formula is C33H35ClFN3O8. The van der Waals surface area contributed by atoms with Crippen molar-refractivity contribution in [2.24, 2.45) is 0 Å². The van der Waals surface area contributed by atoms with E-state index in [4.69, 9.17) is 35.7 Å². The van der Waals surface area contributed by atoms with Crippen molar-refractivity contribution in [2.75, 3.05) is 25.1 Å². The van der Waals surface area contributed by atoms with Crippen molar-refractivity contribution >= 4 is 34.3 Å². The summed E-state index contributed by atoms with van der Waals surface area (Å²) < 4.78 is 37.2. The summed E-state index contributed by atoms with van der Waals surface area (Å²) in [6.07, 6.45) is 5.45. The number of rotatable bonds is 14. The fourth-order valence-electron chi connectivity index (χ4n) is 5.03. The van der Waals surface area contributed by atoms with Gasteiger partial charge in [0.2, 0.25) is 0 Å². The summed E-state index contributed by atoms with van der Waals surface area (Å²) in [5, 5.41) is 33.5. The number of allylic oxidation sites excluding steroid dienone is 4. The van der Waals surface area contributed by atoms with E-state index in [2.05, 4.69) is 15.3 Å². The molecule has 0 amide bonds. The highest BCUT2D eigenvalue weighted by molar-refractivity contribution is 6.30. The molecule has 0 bridgehead atoms. The predicted octanol–water partition coefficient (Wildman–Crippen LogP) is 5.22. The maximum absolute atomic E-state index is 13.6. The summed E-state index contributed by atoms with van der Waals surface area (Å²) in [7, 11) is 0. The van der Waals surface area contributed by atoms with Gasteiger partial charge in [0.1, 0.15) is 54.5 Å². The number of aliphatic carboxylic acids is 1. The molecular weight excluding hydrogens is 621 g/mol. The van der Waals surface area contributed by atoms with Crippen molar-refractivity contribution in [3.8, 4) is 11.5 Å². The van der Waals surface area contributed by atoms with Gasteiger partial charge in [-0.2, -0.15) is 0 Å². The van der Waals surface area contributed by atoms with Crippen molar-refractivity contribution in [3.63, 3.8) is 0 Å². The second kappa shape index (κ2) is 15.9. The molecule has 2 aliphatic rings. The number of nitrogens with zero attached hydrogens (tertiary/aromatic N) is 2. The zero-order valence-electron chi connectivity index (χ0n) is 24.9. The Kier molecular flexibility index (Phi) is 11.4. The van der Waals surface area contributed by atoms with E-state index in [0.29, 0.717) is 82.7 Å². The Morgan fingerprint density at radius 1 is 1.11 bits per heavy atom. The average molecular weight is 656 g/mol. The SMILES string of the molecule is O=C(O)CC(O)CC(O)COc1cc(OC2CCOCC2)c2c(NC3=CC=C(OCc4cccc(F)c4)CC(Cl)=C3)ncnc2c1. The lowest BCUT2D eigenvalue weighted by Gasteiger charge is -2.25. The molecule has 244 valence electrons. The predicted molar refractivity (Wildman–Crippen MR) is 168 cm³/mol. The van der Waals surface area contributed by atoms with Crippen LogP contribution in [0.25, 0.3) is 10.9 Å². The molecule has 1 fully saturated rings. The molecule has 0 saturated carbocycles. The van der Waals surface area contributed by atoms with Gasteiger partial charge in [0.05, 0.1) is 42.7 Å². The van der Waals surface area contributed by atoms with Crippen LogP contribution in [0.2, 0.25) is 0 Å². The maximum atomic E-state index is 13.6. The van der Waals surface area contributed by atoms with Gasteiger partial charge in [0, 0.05) is 48.5 Å². The van der Waals surface area contributed by atoms with Crippen LogP contribution in [0, 0.1) is 5.82 Å². The largest absolute Gasteiger partial charge is 0.493 e. The van der Waals surface area contributed by atoms with Crippen molar-refractivity contribution < 1.29 is 43.5 Å². The number of benzene rings is 2. The second-order valence-electron chi connectivity index (χ2n) is 11.0. The molecule has 1 aliphatic carbocycles. The Balaban J connectivity index is 1.37. The molecule has 2 atom stereocenters. The lowest BCUT2D eigenvalue weighted by molar-refractivity contribution is -0.139. The van der Waals surface area contributed by atoms with Crippen LogP contribution in [-0.2, 0) is 20.9 Å². The Labute approximate surface area is 269 Å². The Hall–Kier alpha value is -4.23. The van der Waals surface area contributed by atoms with E-state index in [1.807, 2.05) is 0 Å². The van der Waals surface area contributed by atoms with Gasteiger partial charge in [-0.15, -0.1) is 0 Å². The normalized spacial score (nSPS) is 16.8. The van der Waals surface area contributed by atoms with Crippen molar-refractivity contribution in [1.82, 2.24) is 9.97 Å². The first-order chi connectivity index (χ1) is 22.2. The van der Waals surface area contributed by atoms with E-state index in [9.17, 15) is 19.4 Å². The van der Waals surface area contributed by atoms with Gasteiger partial charge in [-0.1, -0.05) is 23.7 Å². The van der Waals surface area contributed by atoms with E-state index in [1.54, 1.807) is 42.5 Å². The maximum Gasteiger partial charge on any atom is 0.305 e. The number of aliphatic hydroxyl groups is 2. The van der Waals surface area contributed by atoms with Gasteiger partial charge < -0.3 is 39.6 Å². The molecule has 3 aromatic rings. The van der Waals surface area contributed by atoms with Gasteiger partial charge in [0.15, 0.2) is 0 Å². The van der Waals surface area contributed by atoms with E-state index < -0.39 is 24.6 Å². The summed E-state index contributed by atoms with van der Waals surface area (Å²) >= 11 is 6.55. The average Bonchev–Trinajstić information content (AvgIpc) is 3.19. The number of carboxylic acid groups (broad SMARTS) is 1. The minimum absolute atomic E-state index is 0.121. The topological polar surface area (TPSA) is 152 Å². The highest BCUT2D eigenvalue weighted by Crippen LogP contribution is 2.37. The van der Waals surface area contributed by atoms with E-state index in [-0.39, 0.29) is 31.6 Å². The van der Waals surface area contributed by atoms with Crippen LogP contribution in [0.15, 0.2) is 77.4 Å². The number of hydrogen-bond acceptors (Lipinski definition) is 10. The fraction of sp³-hybridized carbons (Fsp3) is 0.364. The first-order valence-electron chi connectivity index (χ1n) is 14.9. The van der Waals surface area contributed by atoms with Gasteiger partial charge in [-0.25, -0.2) is 14.4 Å². The summed E-state index contributed by atoms with van der Waals surface area (Å²) in [5.74, 6) is 0.407. The fourth-order valence-corrected chi connectivity index (χ4v) is 5.27. The van der Waals surface area contributed by atoms with Crippen LogP contribution < -0.4 is 14.8 Å². The van der Waals surface area contributed by atoms with Gasteiger partial charge in [-0.05, 0) is 35.9 Å². The zero-order chi connectivity index (χ0) is 32.5. The van der Waals surface area contributed by atoms with Crippen molar-refractivity contribution in [1.29, 1.82) is 0 Å². The molecule has 4 N–H and O–H groups in total. The van der Waals surface area contributed by atoms with Gasteiger partial charge in [0.25, 0.3) is 0 Å². The number of aromatic nitrogens is 2. The quantitative estimate of drug-likeness (QED) is 0.181. The van der Waals surface area contributed by atoms with E-state index in [0.717, 1.165) is 0 Å². The second-order valence-corrected chi connectivity index (χ2v) is 11.5. The molecule has 46 heavy (non-hydrogen) atoms. The van der Waals surface area contributed by atoms with Gasteiger partial charge in [-0.3, -0.25) is 4.79 Å². The van der Waals surface area contributed by atoms with E-state index >= 15 is 0 Å². The Morgan fingerprint density at radius 3 is 2.72 bits per heavy atom. The van der Waals surface area contributed by atoms with Crippen LogP contribution in [-0.4, -0.2) is 69.4 Å². The first kappa shape index (κ1) is 33.1. The number of anilines is 1. The molecule has 13 heteroatoms. The number of fused-ring (bicyclic) bond motifs is 1. The molecule has 0 spiro atoms. The number of hydrogen-bond donors (Lipinski definition) is 4. The Morgan fingerprint density at radius 2 is 1.93 bits per heavy atom. The van der Waals surface area contributed by atoms with Crippen LogP contribution in [0.3, 0.4) is 0 Å². The zero-order valence-corrected chi connectivity index (χ0v) is 25.7. The van der Waals surface area contributed by atoms with Crippen LogP contribution in [0.5, 0.6) is 11.5 Å². The number of nitrogens with one attached hydrogen (secondary N) is 1.